The van der Waals surface area contributed by atoms with Crippen LogP contribution in [-0.2, 0) is 6.42 Å². The van der Waals surface area contributed by atoms with E-state index in [1.54, 1.807) is 0 Å². The Kier molecular flexibility index (Phi) is 6.60. The van der Waals surface area contributed by atoms with Crippen LogP contribution in [0, 0.1) is 29.1 Å². The zero-order valence-corrected chi connectivity index (χ0v) is 18.7. The van der Waals surface area contributed by atoms with Crippen LogP contribution in [0.4, 0.5) is 22.0 Å². The van der Waals surface area contributed by atoms with Gasteiger partial charge in [0.2, 0.25) is 0 Å². The third-order valence-corrected chi connectivity index (χ3v) is 6.45. The van der Waals surface area contributed by atoms with Crippen molar-refractivity contribution in [1.29, 1.82) is 0 Å². The monoisotopic (exact) mass is 492 g/mol. The Morgan fingerprint density at radius 3 is 2.32 bits per heavy atom. The van der Waals surface area contributed by atoms with E-state index in [4.69, 9.17) is 4.74 Å². The van der Waals surface area contributed by atoms with Crippen molar-refractivity contribution in [3.63, 3.8) is 0 Å². The van der Waals surface area contributed by atoms with Gasteiger partial charge in [0, 0.05) is 22.8 Å². The molecule has 0 aliphatic carbocycles. The number of carbonyl (C=O) groups is 1. The van der Waals surface area contributed by atoms with Crippen LogP contribution in [0.5, 0.6) is 5.75 Å². The van der Waals surface area contributed by atoms with Gasteiger partial charge in [0.15, 0.2) is 11.6 Å². The number of amides is 1. The average molecular weight is 492 g/mol. The lowest BCUT2D eigenvalue weighted by Crippen LogP contribution is -2.28. The summed E-state index contributed by atoms with van der Waals surface area (Å²) in [6.07, 6.45) is -0.177. The summed E-state index contributed by atoms with van der Waals surface area (Å²) in [4.78, 5) is 13.4. The number of methoxy groups -OCH3 is 1. The highest BCUT2D eigenvalue weighted by molar-refractivity contribution is 8.14. The highest BCUT2D eigenvalue weighted by atomic mass is 32.2. The smallest absolute Gasteiger partial charge is 0.278 e. The van der Waals surface area contributed by atoms with E-state index >= 15 is 0 Å². The van der Waals surface area contributed by atoms with Crippen LogP contribution in [0.2, 0.25) is 0 Å². The van der Waals surface area contributed by atoms with Crippen molar-refractivity contribution in [3.8, 4) is 5.75 Å². The molecule has 1 amide bonds. The summed E-state index contributed by atoms with van der Waals surface area (Å²) in [6.45, 7) is 1.43. The van der Waals surface area contributed by atoms with Gasteiger partial charge in [-0.15, -0.1) is 0 Å². The van der Waals surface area contributed by atoms with Gasteiger partial charge in [-0.3, -0.25) is 4.79 Å². The quantitative estimate of drug-likeness (QED) is 0.315. The molecule has 1 heterocycles. The Morgan fingerprint density at radius 1 is 1.00 bits per heavy atom. The van der Waals surface area contributed by atoms with Gasteiger partial charge in [0.1, 0.15) is 33.6 Å². The van der Waals surface area contributed by atoms with Crippen molar-refractivity contribution in [1.82, 2.24) is 5.01 Å². The van der Waals surface area contributed by atoms with Crippen LogP contribution in [-0.4, -0.2) is 23.1 Å². The Labute approximate surface area is 196 Å². The number of carbonyl (C=O) groups excluding carboxylic acids is 1. The van der Waals surface area contributed by atoms with Gasteiger partial charge >= 0.3 is 0 Å². The number of rotatable bonds is 5. The Hall–Kier alpha value is -3.40. The van der Waals surface area contributed by atoms with Gasteiger partial charge < -0.3 is 4.74 Å². The summed E-state index contributed by atoms with van der Waals surface area (Å²) in [7, 11) is 1.31. The number of hydrazone groups is 1. The normalized spacial score (nSPS) is 15.4. The van der Waals surface area contributed by atoms with Gasteiger partial charge in [0.25, 0.3) is 5.91 Å². The lowest BCUT2D eigenvalue weighted by Gasteiger charge is -2.23. The van der Waals surface area contributed by atoms with Gasteiger partial charge in [-0.25, -0.2) is 27.0 Å². The lowest BCUT2D eigenvalue weighted by molar-refractivity contribution is 0.0742. The van der Waals surface area contributed by atoms with E-state index in [1.165, 1.54) is 44.4 Å². The fourth-order valence-electron chi connectivity index (χ4n) is 3.53. The van der Waals surface area contributed by atoms with Crippen molar-refractivity contribution in [2.75, 3.05) is 7.11 Å². The molecule has 0 spiro atoms. The standard InChI is InChI=1S/C24H17F5N2O2S/c1-3-15-20(28)17(11-18(27)21(15)29)23(32)31-24(16-9-8-14(26)10-19(16)33-2)34-22(30-31)12-4-6-13(25)7-5-12/h4-11,24H,3H2,1-2H3. The fraction of sp³-hybridized carbons (Fsp3) is 0.167. The zero-order valence-electron chi connectivity index (χ0n) is 17.9. The average Bonchev–Trinajstić information content (AvgIpc) is 3.27. The molecule has 3 aromatic carbocycles. The molecular weight excluding hydrogens is 475 g/mol. The maximum Gasteiger partial charge on any atom is 0.278 e. The van der Waals surface area contributed by atoms with Crippen molar-refractivity contribution >= 4 is 22.7 Å². The molecule has 1 aliphatic heterocycles. The van der Waals surface area contributed by atoms with Crippen LogP contribution >= 0.6 is 11.8 Å². The molecule has 10 heteroatoms. The Balaban J connectivity index is 1.84. The summed E-state index contributed by atoms with van der Waals surface area (Å²) in [5.74, 6) is -5.91. The minimum absolute atomic E-state index is 0.103. The van der Waals surface area contributed by atoms with E-state index in [9.17, 15) is 26.7 Å². The van der Waals surface area contributed by atoms with Gasteiger partial charge in [-0.2, -0.15) is 5.10 Å². The number of nitrogens with zero attached hydrogens (tertiary/aromatic N) is 2. The minimum atomic E-state index is -1.37. The first-order valence-electron chi connectivity index (χ1n) is 10.1. The first-order chi connectivity index (χ1) is 16.2. The van der Waals surface area contributed by atoms with Gasteiger partial charge in [0.05, 0.1) is 12.7 Å². The molecule has 4 rings (SSSR count). The second-order valence-corrected chi connectivity index (χ2v) is 8.35. The van der Waals surface area contributed by atoms with Crippen LogP contribution in [0.3, 0.4) is 0 Å². The maximum atomic E-state index is 15.0. The third-order valence-electron chi connectivity index (χ3n) is 5.24. The number of ether oxygens (including phenoxy) is 1. The molecule has 4 nitrogen and oxygen atoms in total. The van der Waals surface area contributed by atoms with E-state index in [0.717, 1.165) is 28.9 Å². The predicted molar refractivity (Wildman–Crippen MR) is 118 cm³/mol. The third kappa shape index (κ3) is 4.25. The molecular formula is C24H17F5N2O2S. The minimum Gasteiger partial charge on any atom is -0.496 e. The molecule has 1 aliphatic rings. The molecule has 176 valence electrons. The lowest BCUT2D eigenvalue weighted by atomic mass is 10.0. The van der Waals surface area contributed by atoms with Crippen LogP contribution in [0.25, 0.3) is 0 Å². The highest BCUT2D eigenvalue weighted by Gasteiger charge is 2.38. The SMILES string of the molecule is CCc1c(F)c(F)cc(C(=O)N2N=C(c3ccc(F)cc3)SC2c2ccc(F)cc2OC)c1F. The van der Waals surface area contributed by atoms with Crippen molar-refractivity contribution in [2.45, 2.75) is 18.7 Å². The maximum absolute atomic E-state index is 15.0. The fourth-order valence-corrected chi connectivity index (χ4v) is 4.71. The molecule has 0 fully saturated rings. The Morgan fingerprint density at radius 2 is 1.68 bits per heavy atom. The van der Waals surface area contributed by atoms with Crippen LogP contribution in [0.1, 0.15) is 39.3 Å². The van der Waals surface area contributed by atoms with E-state index in [1.807, 2.05) is 0 Å². The molecule has 0 bridgehead atoms. The number of hydrogen-bond donors (Lipinski definition) is 0. The van der Waals surface area contributed by atoms with Gasteiger partial charge in [-0.05, 0) is 48.9 Å². The van der Waals surface area contributed by atoms with E-state index in [2.05, 4.69) is 5.10 Å². The number of hydrogen-bond acceptors (Lipinski definition) is 4. The van der Waals surface area contributed by atoms with E-state index in [-0.39, 0.29) is 17.2 Å². The van der Waals surface area contributed by atoms with E-state index in [0.29, 0.717) is 17.2 Å². The van der Waals surface area contributed by atoms with E-state index < -0.39 is 51.5 Å². The number of thioether (sulfide) groups is 1. The van der Waals surface area contributed by atoms with Crippen molar-refractivity contribution < 1.29 is 31.5 Å². The van der Waals surface area contributed by atoms with Crippen LogP contribution < -0.4 is 4.74 Å². The zero-order chi connectivity index (χ0) is 24.6. The largest absolute Gasteiger partial charge is 0.496 e. The highest BCUT2D eigenvalue weighted by Crippen LogP contribution is 2.45. The number of benzene rings is 3. The molecule has 0 aromatic heterocycles. The van der Waals surface area contributed by atoms with Gasteiger partial charge in [-0.1, -0.05) is 18.7 Å². The first-order valence-corrected chi connectivity index (χ1v) is 11.0. The van der Waals surface area contributed by atoms with Crippen molar-refractivity contribution in [3.05, 3.63) is 99.9 Å². The second-order valence-electron chi connectivity index (χ2n) is 7.28. The summed E-state index contributed by atoms with van der Waals surface area (Å²) in [5, 5.41) is 4.50. The molecule has 0 radical (unpaired) electrons. The molecule has 3 aromatic rings. The summed E-state index contributed by atoms with van der Waals surface area (Å²) >= 11 is 1.05. The summed E-state index contributed by atoms with van der Waals surface area (Å²) in [6, 6.07) is 9.45. The first kappa shape index (κ1) is 23.7. The topological polar surface area (TPSA) is 41.9 Å². The Bertz CT molecular complexity index is 1300. The van der Waals surface area contributed by atoms with Crippen molar-refractivity contribution in [2.24, 2.45) is 5.10 Å². The molecule has 0 saturated heterocycles. The molecule has 1 atom stereocenters. The predicted octanol–water partition coefficient (Wildman–Crippen LogP) is 6.20. The molecule has 34 heavy (non-hydrogen) atoms. The summed E-state index contributed by atoms with van der Waals surface area (Å²) in [5.41, 5.74) is -0.463. The molecule has 1 unspecified atom stereocenters. The van der Waals surface area contributed by atoms with Crippen LogP contribution in [0.15, 0.2) is 53.6 Å². The number of halogens is 5. The summed E-state index contributed by atoms with van der Waals surface area (Å²) < 4.78 is 75.6. The molecule has 0 saturated carbocycles. The second kappa shape index (κ2) is 9.46. The molecule has 0 N–H and O–H groups in total.